The quantitative estimate of drug-likeness (QED) is 0.285. The number of anilines is 1. The van der Waals surface area contributed by atoms with Crippen LogP contribution in [0.15, 0.2) is 48.5 Å². The Hall–Kier alpha value is -2.87. The van der Waals surface area contributed by atoms with Crippen LogP contribution in [0.1, 0.15) is 88.3 Å². The molecular weight excluding hydrogens is 558 g/mol. The van der Waals surface area contributed by atoms with E-state index in [2.05, 4.69) is 24.4 Å². The van der Waals surface area contributed by atoms with Crippen molar-refractivity contribution in [3.05, 3.63) is 65.2 Å². The first-order chi connectivity index (χ1) is 20.5. The number of rotatable bonds is 13. The van der Waals surface area contributed by atoms with Gasteiger partial charge in [0.25, 0.3) is 0 Å². The van der Waals surface area contributed by atoms with Crippen LogP contribution in [0.3, 0.4) is 0 Å². The van der Waals surface area contributed by atoms with Gasteiger partial charge in [0.05, 0.1) is 11.9 Å². The predicted molar refractivity (Wildman–Crippen MR) is 172 cm³/mol. The third-order valence-corrected chi connectivity index (χ3v) is 11.4. The lowest BCUT2D eigenvalue weighted by atomic mass is 9.48. The second-order valence-corrected chi connectivity index (χ2v) is 15.4. The standard InChI is InChI=1S/C35H49N3O4S/c1-5-7-16-36-34(40)32(6-2)37(23-29-11-9-8-10-25(29)3)33(39)24-38(43(4,41)42)31-14-12-30(13-15-31)35-20-26-17-27(21-35)19-28(18-26)22-35/h8-15,26-28,32H,5-7,16-24H2,1-4H3,(H,36,40)/t26?,27?,28?,32-,35?/m1/s1. The lowest BCUT2D eigenvalue weighted by Crippen LogP contribution is -2.52. The summed E-state index contributed by atoms with van der Waals surface area (Å²) in [5.74, 6) is 1.86. The summed E-state index contributed by atoms with van der Waals surface area (Å²) in [6.45, 7) is 6.35. The van der Waals surface area contributed by atoms with Crippen LogP contribution in [0.4, 0.5) is 5.69 Å². The summed E-state index contributed by atoms with van der Waals surface area (Å²) in [6, 6.07) is 15.1. The number of aryl methyl sites for hydroxylation is 1. The molecule has 1 atom stereocenters. The third-order valence-electron chi connectivity index (χ3n) is 10.3. The van der Waals surface area contributed by atoms with Crippen molar-refractivity contribution in [3.63, 3.8) is 0 Å². The number of amides is 2. The molecule has 7 nitrogen and oxygen atoms in total. The number of carbonyl (C=O) groups is 2. The average molecular weight is 608 g/mol. The largest absolute Gasteiger partial charge is 0.354 e. The van der Waals surface area contributed by atoms with Crippen molar-refractivity contribution in [2.45, 2.75) is 96.6 Å². The fraction of sp³-hybridized carbons (Fsp3) is 0.600. The number of benzene rings is 2. The monoisotopic (exact) mass is 607 g/mol. The summed E-state index contributed by atoms with van der Waals surface area (Å²) in [5, 5.41) is 2.98. The molecule has 234 valence electrons. The van der Waals surface area contributed by atoms with Gasteiger partial charge in [0.15, 0.2) is 0 Å². The smallest absolute Gasteiger partial charge is 0.244 e. The normalized spacial score (nSPS) is 24.9. The molecular formula is C35H49N3O4S. The third kappa shape index (κ3) is 6.95. The maximum atomic E-state index is 14.1. The minimum Gasteiger partial charge on any atom is -0.354 e. The number of unbranched alkanes of at least 4 members (excludes halogenated alkanes) is 1. The van der Waals surface area contributed by atoms with E-state index >= 15 is 0 Å². The first-order valence-electron chi connectivity index (χ1n) is 16.2. The van der Waals surface area contributed by atoms with Gasteiger partial charge in [-0.1, -0.05) is 56.7 Å². The highest BCUT2D eigenvalue weighted by molar-refractivity contribution is 7.92. The molecule has 2 aromatic rings. The van der Waals surface area contributed by atoms with E-state index in [1.807, 2.05) is 50.2 Å². The van der Waals surface area contributed by atoms with E-state index in [1.54, 1.807) is 4.90 Å². The van der Waals surface area contributed by atoms with E-state index in [0.717, 1.165) is 48.0 Å². The Bertz CT molecular complexity index is 1370. The van der Waals surface area contributed by atoms with Crippen molar-refractivity contribution in [1.82, 2.24) is 10.2 Å². The molecule has 1 N–H and O–H groups in total. The molecule has 4 fully saturated rings. The minimum atomic E-state index is -3.77. The molecule has 0 radical (unpaired) electrons. The molecule has 6 rings (SSSR count). The Morgan fingerprint density at radius 2 is 1.56 bits per heavy atom. The number of hydrogen-bond acceptors (Lipinski definition) is 4. The van der Waals surface area contributed by atoms with Crippen molar-refractivity contribution >= 4 is 27.5 Å². The summed E-state index contributed by atoms with van der Waals surface area (Å²) in [4.78, 5) is 28.9. The van der Waals surface area contributed by atoms with Crippen molar-refractivity contribution in [3.8, 4) is 0 Å². The summed E-state index contributed by atoms with van der Waals surface area (Å²) >= 11 is 0. The molecule has 4 saturated carbocycles. The number of sulfonamides is 1. The van der Waals surface area contributed by atoms with Gasteiger partial charge >= 0.3 is 0 Å². The van der Waals surface area contributed by atoms with Crippen LogP contribution in [-0.2, 0) is 31.6 Å². The molecule has 43 heavy (non-hydrogen) atoms. The molecule has 0 aromatic heterocycles. The van der Waals surface area contributed by atoms with Gasteiger partial charge in [-0.2, -0.15) is 0 Å². The molecule has 8 heteroatoms. The second kappa shape index (κ2) is 13.0. The van der Waals surface area contributed by atoms with Crippen molar-refractivity contribution < 1.29 is 18.0 Å². The Labute approximate surface area is 258 Å². The van der Waals surface area contributed by atoms with Crippen molar-refractivity contribution in [1.29, 1.82) is 0 Å². The van der Waals surface area contributed by atoms with Crippen LogP contribution in [0.25, 0.3) is 0 Å². The fourth-order valence-corrected chi connectivity index (χ4v) is 9.31. The molecule has 0 unspecified atom stereocenters. The number of nitrogens with zero attached hydrogens (tertiary/aromatic N) is 2. The van der Waals surface area contributed by atoms with Crippen LogP contribution in [0.5, 0.6) is 0 Å². The molecule has 2 aromatic carbocycles. The molecule has 0 heterocycles. The number of carbonyl (C=O) groups excluding carboxylic acids is 2. The van der Waals surface area contributed by atoms with Crippen LogP contribution < -0.4 is 9.62 Å². The van der Waals surface area contributed by atoms with E-state index in [0.29, 0.717) is 18.7 Å². The summed E-state index contributed by atoms with van der Waals surface area (Å²) in [5.41, 5.74) is 3.96. The van der Waals surface area contributed by atoms with E-state index in [-0.39, 0.29) is 24.4 Å². The summed E-state index contributed by atoms with van der Waals surface area (Å²) in [7, 11) is -3.77. The Balaban J connectivity index is 1.39. The summed E-state index contributed by atoms with van der Waals surface area (Å²) < 4.78 is 27.5. The van der Waals surface area contributed by atoms with Gasteiger partial charge in [-0.25, -0.2) is 8.42 Å². The highest BCUT2D eigenvalue weighted by Gasteiger charge is 2.51. The lowest BCUT2D eigenvalue weighted by Gasteiger charge is -2.57. The van der Waals surface area contributed by atoms with Gasteiger partial charge < -0.3 is 10.2 Å². The number of hydrogen-bond donors (Lipinski definition) is 1. The van der Waals surface area contributed by atoms with Crippen molar-refractivity contribution in [2.24, 2.45) is 17.8 Å². The maximum absolute atomic E-state index is 14.1. The number of nitrogens with one attached hydrogen (secondary N) is 1. The zero-order valence-electron chi connectivity index (χ0n) is 26.3. The average Bonchev–Trinajstić information content (AvgIpc) is 2.95. The Morgan fingerprint density at radius 1 is 0.953 bits per heavy atom. The molecule has 4 aliphatic carbocycles. The highest BCUT2D eigenvalue weighted by atomic mass is 32.2. The van der Waals surface area contributed by atoms with Gasteiger partial charge in [0.1, 0.15) is 12.6 Å². The van der Waals surface area contributed by atoms with Crippen LogP contribution in [-0.4, -0.2) is 50.5 Å². The summed E-state index contributed by atoms with van der Waals surface area (Å²) in [6.07, 6.45) is 11.2. The van der Waals surface area contributed by atoms with Gasteiger partial charge in [-0.3, -0.25) is 13.9 Å². The second-order valence-electron chi connectivity index (χ2n) is 13.5. The van der Waals surface area contributed by atoms with E-state index in [1.165, 1.54) is 48.4 Å². The van der Waals surface area contributed by atoms with E-state index in [4.69, 9.17) is 0 Å². The van der Waals surface area contributed by atoms with Gasteiger partial charge in [-0.15, -0.1) is 0 Å². The molecule has 4 bridgehead atoms. The van der Waals surface area contributed by atoms with Gasteiger partial charge in [0.2, 0.25) is 21.8 Å². The topological polar surface area (TPSA) is 86.8 Å². The Kier molecular flexibility index (Phi) is 9.55. The minimum absolute atomic E-state index is 0.205. The predicted octanol–water partition coefficient (Wildman–Crippen LogP) is 5.95. The first-order valence-corrected chi connectivity index (χ1v) is 18.1. The van der Waals surface area contributed by atoms with E-state index in [9.17, 15) is 18.0 Å². The maximum Gasteiger partial charge on any atom is 0.244 e. The van der Waals surface area contributed by atoms with Crippen LogP contribution >= 0.6 is 0 Å². The van der Waals surface area contributed by atoms with Crippen LogP contribution in [0.2, 0.25) is 0 Å². The first kappa shape index (κ1) is 31.6. The molecule has 4 aliphatic rings. The van der Waals surface area contributed by atoms with E-state index < -0.39 is 22.0 Å². The lowest BCUT2D eigenvalue weighted by molar-refractivity contribution is -0.140. The Morgan fingerprint density at radius 3 is 2.09 bits per heavy atom. The SMILES string of the molecule is CCCCNC(=O)[C@@H](CC)N(Cc1ccccc1C)C(=O)CN(c1ccc(C23CC4CC(CC(C4)C2)C3)cc1)S(C)(=O)=O. The van der Waals surface area contributed by atoms with Crippen molar-refractivity contribution in [2.75, 3.05) is 23.7 Å². The fourth-order valence-electron chi connectivity index (χ4n) is 8.46. The zero-order valence-corrected chi connectivity index (χ0v) is 27.2. The molecule has 2 amide bonds. The molecule has 0 spiro atoms. The van der Waals surface area contributed by atoms with Gasteiger partial charge in [0, 0.05) is 13.1 Å². The highest BCUT2D eigenvalue weighted by Crippen LogP contribution is 2.60. The zero-order chi connectivity index (χ0) is 30.8. The van der Waals surface area contributed by atoms with Crippen LogP contribution in [0, 0.1) is 24.7 Å². The molecule has 0 saturated heterocycles. The van der Waals surface area contributed by atoms with Gasteiger partial charge in [-0.05, 0) is 110 Å². The molecule has 0 aliphatic heterocycles.